The molecule has 6 atom stereocenters. The number of fused-ring (bicyclic) bond motifs is 5. The maximum absolute atomic E-state index is 13.4. The van der Waals surface area contributed by atoms with Crippen molar-refractivity contribution in [3.63, 3.8) is 0 Å². The largest absolute Gasteiger partial charge is 0.454 e. The number of esters is 1. The SMILES string of the molecule is Cc1ccc(C(=O)COC(=O)c2ccccc2N2C(=O)[C@@H]3[C@H]4C[C@@H]([C@H](Br)[C@@H]4Br)[C@@H]3C2=O)cc1. The van der Waals surface area contributed by atoms with Crippen LogP contribution in [0.1, 0.15) is 32.7 Å². The third-order valence-electron chi connectivity index (χ3n) is 7.06. The highest BCUT2D eigenvalue weighted by molar-refractivity contribution is 9.12. The van der Waals surface area contributed by atoms with Crippen molar-refractivity contribution in [2.75, 3.05) is 11.5 Å². The predicted octanol–water partition coefficient (Wildman–Crippen LogP) is 4.32. The lowest BCUT2D eigenvalue weighted by Gasteiger charge is -2.28. The number of benzene rings is 2. The van der Waals surface area contributed by atoms with E-state index in [4.69, 9.17) is 4.74 Å². The van der Waals surface area contributed by atoms with E-state index in [-0.39, 0.29) is 62.2 Å². The van der Waals surface area contributed by atoms with Crippen LogP contribution in [0.4, 0.5) is 5.69 Å². The van der Waals surface area contributed by atoms with Crippen molar-refractivity contribution in [3.05, 3.63) is 65.2 Å². The lowest BCUT2D eigenvalue weighted by Crippen LogP contribution is -2.37. The summed E-state index contributed by atoms with van der Waals surface area (Å²) >= 11 is 7.36. The third kappa shape index (κ3) is 3.58. The molecule has 3 aliphatic rings. The van der Waals surface area contributed by atoms with Crippen LogP contribution in [0.3, 0.4) is 0 Å². The molecular weight excluding hydrogens is 554 g/mol. The van der Waals surface area contributed by atoms with Crippen molar-refractivity contribution in [1.82, 2.24) is 0 Å². The number of carbonyl (C=O) groups excluding carboxylic acids is 4. The van der Waals surface area contributed by atoms with E-state index in [2.05, 4.69) is 31.9 Å². The summed E-state index contributed by atoms with van der Waals surface area (Å²) in [6, 6.07) is 13.4. The van der Waals surface area contributed by atoms with Gasteiger partial charge in [0, 0.05) is 15.2 Å². The Hall–Kier alpha value is -2.32. The van der Waals surface area contributed by atoms with Crippen molar-refractivity contribution < 1.29 is 23.9 Å². The zero-order valence-corrected chi connectivity index (χ0v) is 20.9. The average Bonchev–Trinajstić information content (AvgIpc) is 3.42. The Morgan fingerprint density at radius 1 is 0.939 bits per heavy atom. The second-order valence-corrected chi connectivity index (χ2v) is 11.0. The van der Waals surface area contributed by atoms with E-state index in [0.29, 0.717) is 5.56 Å². The Bertz CT molecular complexity index is 1130. The lowest BCUT2D eigenvalue weighted by molar-refractivity contribution is -0.123. The molecule has 33 heavy (non-hydrogen) atoms. The van der Waals surface area contributed by atoms with E-state index >= 15 is 0 Å². The lowest BCUT2D eigenvalue weighted by atomic mass is 9.81. The molecule has 170 valence electrons. The minimum Gasteiger partial charge on any atom is -0.454 e. The standard InChI is InChI=1S/C25H21Br2NO5/c1-12-6-8-13(9-7-12)18(29)11-33-25(32)14-4-2-3-5-17(14)28-23(30)19-15-10-16(20(19)24(28)31)22(27)21(15)26/h2-9,15-16,19-22H,10-11H2,1H3/t15-,16-,19-,20+,21-,22+/m1/s1. The number of alkyl halides is 2. The quantitative estimate of drug-likeness (QED) is 0.230. The predicted molar refractivity (Wildman–Crippen MR) is 129 cm³/mol. The summed E-state index contributed by atoms with van der Waals surface area (Å²) in [5.41, 5.74) is 1.77. The number of para-hydroxylation sites is 1. The maximum Gasteiger partial charge on any atom is 0.340 e. The van der Waals surface area contributed by atoms with Crippen molar-refractivity contribution in [1.29, 1.82) is 0 Å². The second-order valence-electron chi connectivity index (χ2n) is 8.90. The molecule has 0 aromatic heterocycles. The van der Waals surface area contributed by atoms with Gasteiger partial charge in [-0.05, 0) is 37.3 Å². The number of aryl methyl sites for hydroxylation is 1. The normalized spacial score (nSPS) is 30.0. The number of hydrogen-bond acceptors (Lipinski definition) is 5. The highest BCUT2D eigenvalue weighted by atomic mass is 79.9. The van der Waals surface area contributed by atoms with Gasteiger partial charge in [-0.3, -0.25) is 14.4 Å². The molecule has 2 saturated carbocycles. The molecule has 5 rings (SSSR count). The molecule has 1 aliphatic heterocycles. The molecule has 2 aromatic rings. The molecule has 2 aliphatic carbocycles. The minimum atomic E-state index is -0.747. The summed E-state index contributed by atoms with van der Waals surface area (Å²) in [7, 11) is 0. The number of nitrogens with zero attached hydrogens (tertiary/aromatic N) is 1. The molecule has 8 heteroatoms. The topological polar surface area (TPSA) is 80.8 Å². The fourth-order valence-electron chi connectivity index (χ4n) is 5.46. The molecule has 0 radical (unpaired) electrons. The van der Waals surface area contributed by atoms with Gasteiger partial charge in [-0.25, -0.2) is 9.69 Å². The van der Waals surface area contributed by atoms with Crippen LogP contribution in [-0.2, 0) is 14.3 Å². The first-order chi connectivity index (χ1) is 15.8. The zero-order valence-electron chi connectivity index (χ0n) is 17.7. The van der Waals surface area contributed by atoms with Gasteiger partial charge in [0.25, 0.3) is 0 Å². The molecule has 6 nitrogen and oxygen atoms in total. The van der Waals surface area contributed by atoms with Crippen LogP contribution in [-0.4, -0.2) is 39.8 Å². The monoisotopic (exact) mass is 573 g/mol. The van der Waals surface area contributed by atoms with E-state index in [1.807, 2.05) is 19.1 Å². The van der Waals surface area contributed by atoms with Gasteiger partial charge in [-0.2, -0.15) is 0 Å². The number of hydrogen-bond donors (Lipinski definition) is 0. The average molecular weight is 575 g/mol. The van der Waals surface area contributed by atoms with Crippen molar-refractivity contribution >= 4 is 61.1 Å². The van der Waals surface area contributed by atoms with Gasteiger partial charge in [0.05, 0.1) is 23.1 Å². The smallest absolute Gasteiger partial charge is 0.340 e. The number of carbonyl (C=O) groups is 4. The molecule has 1 saturated heterocycles. The Kier molecular flexibility index (Phi) is 5.77. The van der Waals surface area contributed by atoms with E-state index in [0.717, 1.165) is 16.9 Å². The van der Waals surface area contributed by atoms with Crippen LogP contribution in [0.15, 0.2) is 48.5 Å². The Labute approximate surface area is 207 Å². The molecule has 1 heterocycles. The summed E-state index contributed by atoms with van der Waals surface area (Å²) in [6.07, 6.45) is 0.831. The number of anilines is 1. The van der Waals surface area contributed by atoms with Crippen LogP contribution in [0, 0.1) is 30.6 Å². The maximum atomic E-state index is 13.4. The molecule has 2 aromatic carbocycles. The van der Waals surface area contributed by atoms with Crippen molar-refractivity contribution in [2.45, 2.75) is 23.0 Å². The molecular formula is C25H21Br2NO5. The van der Waals surface area contributed by atoms with Crippen molar-refractivity contribution in [2.24, 2.45) is 23.7 Å². The van der Waals surface area contributed by atoms with Gasteiger partial charge in [0.2, 0.25) is 11.8 Å². The summed E-state index contributed by atoms with van der Waals surface area (Å²) in [4.78, 5) is 53.4. The minimum absolute atomic E-state index is 0.0806. The van der Waals surface area contributed by atoms with Crippen molar-refractivity contribution in [3.8, 4) is 0 Å². The fourth-order valence-corrected chi connectivity index (χ4v) is 7.33. The Morgan fingerprint density at radius 2 is 1.52 bits per heavy atom. The molecule has 0 N–H and O–H groups in total. The van der Waals surface area contributed by atoms with E-state index in [1.54, 1.807) is 30.3 Å². The van der Waals surface area contributed by atoms with Crippen LogP contribution in [0.5, 0.6) is 0 Å². The van der Waals surface area contributed by atoms with Gasteiger partial charge in [-0.15, -0.1) is 0 Å². The number of ketones is 1. The Morgan fingerprint density at radius 3 is 2.12 bits per heavy atom. The second kappa shape index (κ2) is 8.47. The van der Waals surface area contributed by atoms with E-state index in [1.165, 1.54) is 6.07 Å². The van der Waals surface area contributed by atoms with Crippen LogP contribution >= 0.6 is 31.9 Å². The van der Waals surface area contributed by atoms with Crippen LogP contribution in [0.25, 0.3) is 0 Å². The molecule has 0 spiro atoms. The number of imide groups is 1. The number of Topliss-reactive ketones (excluding diaryl/α,β-unsaturated/α-hetero) is 1. The van der Waals surface area contributed by atoms with Gasteiger partial charge in [0.1, 0.15) is 0 Å². The van der Waals surface area contributed by atoms with Gasteiger partial charge >= 0.3 is 5.97 Å². The summed E-state index contributed by atoms with van der Waals surface area (Å²) in [6.45, 7) is 1.49. The highest BCUT2D eigenvalue weighted by Crippen LogP contribution is 2.60. The number of rotatable bonds is 5. The fraction of sp³-hybridized carbons (Fsp3) is 0.360. The number of ether oxygens (including phenoxy) is 1. The van der Waals surface area contributed by atoms with E-state index in [9.17, 15) is 19.2 Å². The zero-order chi connectivity index (χ0) is 23.4. The third-order valence-corrected chi connectivity index (χ3v) is 10.3. The highest BCUT2D eigenvalue weighted by Gasteiger charge is 2.66. The Balaban J connectivity index is 1.37. The molecule has 2 bridgehead atoms. The van der Waals surface area contributed by atoms with Crippen LogP contribution in [0.2, 0.25) is 0 Å². The molecule has 0 unspecified atom stereocenters. The first kappa shape index (κ1) is 22.5. The first-order valence-electron chi connectivity index (χ1n) is 10.8. The number of halogens is 2. The van der Waals surface area contributed by atoms with Gasteiger partial charge in [0.15, 0.2) is 12.4 Å². The molecule has 2 amide bonds. The van der Waals surface area contributed by atoms with E-state index < -0.39 is 12.6 Å². The van der Waals surface area contributed by atoms with Crippen LogP contribution < -0.4 is 4.90 Å². The first-order valence-corrected chi connectivity index (χ1v) is 12.6. The summed E-state index contributed by atoms with van der Waals surface area (Å²) < 4.78 is 5.28. The van der Waals surface area contributed by atoms with Gasteiger partial charge < -0.3 is 4.74 Å². The summed E-state index contributed by atoms with van der Waals surface area (Å²) in [5.74, 6) is -2.21. The number of amides is 2. The molecule has 3 fully saturated rings. The van der Waals surface area contributed by atoms with Gasteiger partial charge in [-0.1, -0.05) is 73.8 Å². The summed E-state index contributed by atoms with van der Waals surface area (Å²) in [5, 5.41) is 0.